The lowest BCUT2D eigenvalue weighted by Gasteiger charge is -2.09. The summed E-state index contributed by atoms with van der Waals surface area (Å²) < 4.78 is 2.40. The van der Waals surface area contributed by atoms with Crippen LogP contribution in [0.2, 0.25) is 0 Å². The monoisotopic (exact) mass is 368 g/mol. The van der Waals surface area contributed by atoms with Crippen LogP contribution in [-0.2, 0) is 6.54 Å². The van der Waals surface area contributed by atoms with Gasteiger partial charge in [0.15, 0.2) is 5.11 Å². The molecule has 0 aliphatic rings. The van der Waals surface area contributed by atoms with E-state index in [4.69, 9.17) is 12.2 Å². The first-order chi connectivity index (χ1) is 10.1. The molecule has 0 spiro atoms. The molecule has 110 valence electrons. The smallest absolute Gasteiger partial charge is 0.257 e. The van der Waals surface area contributed by atoms with Crippen molar-refractivity contribution in [1.29, 1.82) is 0 Å². The number of aryl methyl sites for hydroxylation is 1. The number of carbonyl (C=O) groups is 1. The first-order valence-electron chi connectivity index (χ1n) is 6.24. The van der Waals surface area contributed by atoms with Gasteiger partial charge in [-0.2, -0.15) is 0 Å². The summed E-state index contributed by atoms with van der Waals surface area (Å²) >= 11 is 8.40. The average Bonchev–Trinajstić information content (AvgIpc) is 2.86. The van der Waals surface area contributed by atoms with Crippen LogP contribution in [0.5, 0.6) is 0 Å². The summed E-state index contributed by atoms with van der Waals surface area (Å²) in [5.41, 5.74) is 0.502. The number of thiocarbonyl (C=S) groups is 1. The number of amides is 1. The van der Waals surface area contributed by atoms with E-state index in [0.717, 1.165) is 10.9 Å². The number of anilines is 1. The van der Waals surface area contributed by atoms with Crippen molar-refractivity contribution in [3.8, 4) is 0 Å². The maximum atomic E-state index is 12.0. The Labute approximate surface area is 135 Å². The van der Waals surface area contributed by atoms with Crippen LogP contribution in [0.3, 0.4) is 0 Å². The number of nitrogens with zero attached hydrogens (tertiary/aromatic N) is 4. The minimum absolute atomic E-state index is 0.145. The third-order valence-corrected chi connectivity index (χ3v) is 3.20. The molecule has 1 heterocycles. The van der Waals surface area contributed by atoms with E-state index in [1.165, 1.54) is 0 Å². The Hall–Kier alpha value is -1.87. The van der Waals surface area contributed by atoms with Gasteiger partial charge >= 0.3 is 0 Å². The molecule has 2 N–H and O–H groups in total. The van der Waals surface area contributed by atoms with Crippen molar-refractivity contribution < 1.29 is 4.79 Å². The molecule has 0 bridgehead atoms. The maximum absolute atomic E-state index is 12.0. The third-order valence-electron chi connectivity index (χ3n) is 2.51. The highest BCUT2D eigenvalue weighted by Gasteiger charge is 2.11. The second-order valence-electron chi connectivity index (χ2n) is 4.14. The van der Waals surface area contributed by atoms with Crippen LogP contribution in [0.4, 0.5) is 5.95 Å². The second kappa shape index (κ2) is 7.23. The minimum atomic E-state index is -0.302. The highest BCUT2D eigenvalue weighted by atomic mass is 79.9. The lowest BCUT2D eigenvalue weighted by molar-refractivity contribution is 0.0977. The number of nitrogens with one attached hydrogen (secondary N) is 2. The van der Waals surface area contributed by atoms with Crippen molar-refractivity contribution in [3.63, 3.8) is 0 Å². The van der Waals surface area contributed by atoms with Gasteiger partial charge in [-0.15, -0.1) is 0 Å². The summed E-state index contributed by atoms with van der Waals surface area (Å²) in [4.78, 5) is 12.0. The van der Waals surface area contributed by atoms with Gasteiger partial charge in [0, 0.05) is 16.6 Å². The van der Waals surface area contributed by atoms with Crippen LogP contribution in [0.15, 0.2) is 28.7 Å². The number of tetrazole rings is 1. The zero-order valence-corrected chi connectivity index (χ0v) is 13.6. The molecule has 21 heavy (non-hydrogen) atoms. The number of carbonyl (C=O) groups excluding carboxylic acids is 1. The van der Waals surface area contributed by atoms with Crippen molar-refractivity contribution in [2.45, 2.75) is 19.9 Å². The van der Waals surface area contributed by atoms with Gasteiger partial charge in [-0.25, -0.2) is 4.68 Å². The van der Waals surface area contributed by atoms with E-state index >= 15 is 0 Å². The van der Waals surface area contributed by atoms with E-state index in [1.54, 1.807) is 22.9 Å². The zero-order valence-electron chi connectivity index (χ0n) is 11.2. The molecule has 2 aromatic rings. The molecule has 7 nitrogen and oxygen atoms in total. The van der Waals surface area contributed by atoms with Gasteiger partial charge in [-0.3, -0.25) is 15.4 Å². The minimum Gasteiger partial charge on any atom is -0.300 e. The van der Waals surface area contributed by atoms with Crippen molar-refractivity contribution in [2.24, 2.45) is 0 Å². The fourth-order valence-electron chi connectivity index (χ4n) is 1.59. The highest BCUT2D eigenvalue weighted by molar-refractivity contribution is 9.10. The van der Waals surface area contributed by atoms with Crippen LogP contribution in [-0.4, -0.2) is 31.2 Å². The fraction of sp³-hybridized carbons (Fsp3) is 0.250. The first kappa shape index (κ1) is 15.5. The molecule has 0 unspecified atom stereocenters. The predicted octanol–water partition coefficient (Wildman–Crippen LogP) is 1.97. The highest BCUT2D eigenvalue weighted by Crippen LogP contribution is 2.11. The van der Waals surface area contributed by atoms with E-state index in [0.29, 0.717) is 18.1 Å². The standard InChI is InChI=1S/C12H13BrN6OS/c1-2-6-19-11(16-17-18-19)15-12(21)14-10(20)8-4-3-5-9(13)7-8/h3-5,7H,2,6H2,1H3,(H2,14,15,16,18,20,21). The van der Waals surface area contributed by atoms with Crippen LogP contribution in [0.25, 0.3) is 0 Å². The Bertz CT molecular complexity index is 659. The van der Waals surface area contributed by atoms with Crippen LogP contribution < -0.4 is 10.6 Å². The Morgan fingerprint density at radius 2 is 2.29 bits per heavy atom. The molecule has 0 aliphatic heterocycles. The van der Waals surface area contributed by atoms with Gasteiger partial charge in [0.2, 0.25) is 5.95 Å². The van der Waals surface area contributed by atoms with E-state index in [2.05, 4.69) is 42.1 Å². The molecule has 1 amide bonds. The summed E-state index contributed by atoms with van der Waals surface area (Å²) in [6.07, 6.45) is 0.886. The van der Waals surface area contributed by atoms with Gasteiger partial charge in [0.1, 0.15) is 0 Å². The number of aromatic nitrogens is 4. The SMILES string of the molecule is CCCn1nnnc1NC(=S)NC(=O)c1cccc(Br)c1. The maximum Gasteiger partial charge on any atom is 0.257 e. The van der Waals surface area contributed by atoms with Gasteiger partial charge in [0.05, 0.1) is 0 Å². The van der Waals surface area contributed by atoms with E-state index in [9.17, 15) is 4.79 Å². The van der Waals surface area contributed by atoms with E-state index < -0.39 is 0 Å². The number of hydrogen-bond donors (Lipinski definition) is 2. The fourth-order valence-corrected chi connectivity index (χ4v) is 2.18. The topological polar surface area (TPSA) is 84.7 Å². The first-order valence-corrected chi connectivity index (χ1v) is 7.44. The van der Waals surface area contributed by atoms with Gasteiger partial charge in [0.25, 0.3) is 5.91 Å². The predicted molar refractivity (Wildman–Crippen MR) is 85.9 cm³/mol. The molecule has 0 radical (unpaired) electrons. The summed E-state index contributed by atoms with van der Waals surface area (Å²) in [6, 6.07) is 7.02. The summed E-state index contributed by atoms with van der Waals surface area (Å²) in [5, 5.41) is 16.7. The van der Waals surface area contributed by atoms with Crippen molar-refractivity contribution in [3.05, 3.63) is 34.3 Å². The molecule has 9 heteroatoms. The Morgan fingerprint density at radius 3 is 3.00 bits per heavy atom. The molecule has 1 aromatic carbocycles. The van der Waals surface area contributed by atoms with Gasteiger partial charge in [-0.05, 0) is 47.3 Å². The van der Waals surface area contributed by atoms with Crippen molar-refractivity contribution in [1.82, 2.24) is 25.5 Å². The Kier molecular flexibility index (Phi) is 5.34. The summed E-state index contributed by atoms with van der Waals surface area (Å²) in [5.74, 6) is 0.0970. The van der Waals surface area contributed by atoms with Crippen LogP contribution in [0, 0.1) is 0 Å². The molecular weight excluding hydrogens is 356 g/mol. The number of benzene rings is 1. The largest absolute Gasteiger partial charge is 0.300 e. The molecule has 0 aliphatic carbocycles. The lowest BCUT2D eigenvalue weighted by Crippen LogP contribution is -2.35. The summed E-state index contributed by atoms with van der Waals surface area (Å²) in [6.45, 7) is 2.68. The second-order valence-corrected chi connectivity index (χ2v) is 5.47. The van der Waals surface area contributed by atoms with E-state index in [-0.39, 0.29) is 11.0 Å². The van der Waals surface area contributed by atoms with Gasteiger partial charge < -0.3 is 0 Å². The van der Waals surface area contributed by atoms with Crippen molar-refractivity contribution in [2.75, 3.05) is 5.32 Å². The molecular formula is C12H13BrN6OS. The molecule has 0 fully saturated rings. The number of halogens is 1. The lowest BCUT2D eigenvalue weighted by atomic mass is 10.2. The van der Waals surface area contributed by atoms with Crippen LogP contribution in [0.1, 0.15) is 23.7 Å². The van der Waals surface area contributed by atoms with Gasteiger partial charge in [-0.1, -0.05) is 34.0 Å². The third kappa shape index (κ3) is 4.30. The molecule has 2 rings (SSSR count). The van der Waals surface area contributed by atoms with Crippen molar-refractivity contribution >= 4 is 45.1 Å². The number of rotatable bonds is 4. The average molecular weight is 369 g/mol. The van der Waals surface area contributed by atoms with E-state index in [1.807, 2.05) is 13.0 Å². The zero-order chi connectivity index (χ0) is 15.2. The molecule has 0 saturated carbocycles. The normalized spacial score (nSPS) is 10.2. The molecule has 1 aromatic heterocycles. The summed E-state index contributed by atoms with van der Waals surface area (Å²) in [7, 11) is 0. The number of hydrogen-bond acceptors (Lipinski definition) is 5. The quantitative estimate of drug-likeness (QED) is 0.802. The molecule has 0 saturated heterocycles. The Morgan fingerprint density at radius 1 is 1.48 bits per heavy atom. The molecule has 0 atom stereocenters. The Balaban J connectivity index is 1.98. The van der Waals surface area contributed by atoms with Crippen LogP contribution >= 0.6 is 28.1 Å².